The number of non-ortho nitro benzene ring substituents is 1. The third-order valence-corrected chi connectivity index (χ3v) is 3.48. The topological polar surface area (TPSA) is 63.5 Å². The van der Waals surface area contributed by atoms with Crippen LogP contribution in [0.15, 0.2) is 18.2 Å². The van der Waals surface area contributed by atoms with Crippen molar-refractivity contribution >= 4 is 17.3 Å². The van der Waals surface area contributed by atoms with Crippen molar-refractivity contribution in [1.82, 2.24) is 0 Å². The number of hydrogen-bond acceptors (Lipinski definition) is 3. The summed E-state index contributed by atoms with van der Waals surface area (Å²) in [5, 5.41) is 10.7. The van der Waals surface area contributed by atoms with Crippen molar-refractivity contribution < 1.29 is 22.9 Å². The molecule has 0 fully saturated rings. The van der Waals surface area contributed by atoms with E-state index < -0.39 is 28.8 Å². The number of likely N-dealkylation sites (N-methyl/N-ethyl adjacent to an activating group) is 1. The normalized spacial score (nSPS) is 22.1. The zero-order valence-electron chi connectivity index (χ0n) is 10.7. The first-order chi connectivity index (χ1) is 9.06. The molecule has 2 rings (SSSR count). The number of alkyl halides is 3. The van der Waals surface area contributed by atoms with Gasteiger partial charge in [0.05, 0.1) is 16.8 Å². The highest BCUT2D eigenvalue weighted by Crippen LogP contribution is 2.47. The number of amides is 1. The van der Waals surface area contributed by atoms with Crippen LogP contribution in [0.25, 0.3) is 0 Å². The summed E-state index contributed by atoms with van der Waals surface area (Å²) in [5.74, 6) is -0.717. The van der Waals surface area contributed by atoms with Gasteiger partial charge < -0.3 is 4.90 Å². The molecule has 0 aliphatic carbocycles. The molecule has 0 N–H and O–H groups in total. The number of fused-ring (bicyclic) bond motifs is 1. The Hall–Kier alpha value is -2.12. The van der Waals surface area contributed by atoms with Crippen LogP contribution in [0.2, 0.25) is 0 Å². The number of carbonyl (C=O) groups is 1. The SMILES string of the molecule is CN1C(=O)[C@](C)(CC(F)(F)F)c2cc([N+](=O)[O-])ccc21. The summed E-state index contributed by atoms with van der Waals surface area (Å²) >= 11 is 0. The summed E-state index contributed by atoms with van der Waals surface area (Å²) in [6.07, 6.45) is -5.89. The van der Waals surface area contributed by atoms with E-state index in [1.54, 1.807) is 0 Å². The number of nitro groups is 1. The van der Waals surface area contributed by atoms with Gasteiger partial charge in [-0.1, -0.05) is 0 Å². The van der Waals surface area contributed by atoms with Crippen LogP contribution in [0.1, 0.15) is 18.9 Å². The molecule has 1 aliphatic heterocycles. The van der Waals surface area contributed by atoms with Crippen molar-refractivity contribution in [3.05, 3.63) is 33.9 Å². The predicted octanol–water partition coefficient (Wildman–Crippen LogP) is 2.78. The van der Waals surface area contributed by atoms with E-state index in [0.717, 1.165) is 17.9 Å². The number of carbonyl (C=O) groups excluding carboxylic acids is 1. The van der Waals surface area contributed by atoms with E-state index in [4.69, 9.17) is 0 Å². The van der Waals surface area contributed by atoms with Crippen LogP contribution < -0.4 is 4.90 Å². The van der Waals surface area contributed by atoms with Gasteiger partial charge in [-0.05, 0) is 18.6 Å². The van der Waals surface area contributed by atoms with Crippen molar-refractivity contribution in [2.24, 2.45) is 0 Å². The quantitative estimate of drug-likeness (QED) is 0.621. The van der Waals surface area contributed by atoms with E-state index >= 15 is 0 Å². The van der Waals surface area contributed by atoms with E-state index in [0.29, 0.717) is 0 Å². The van der Waals surface area contributed by atoms with Crippen LogP contribution in [0.5, 0.6) is 0 Å². The molecule has 0 bridgehead atoms. The van der Waals surface area contributed by atoms with Gasteiger partial charge in [-0.2, -0.15) is 13.2 Å². The first kappa shape index (κ1) is 14.3. The maximum atomic E-state index is 12.7. The molecule has 108 valence electrons. The highest BCUT2D eigenvalue weighted by molar-refractivity contribution is 6.07. The molecule has 1 aliphatic rings. The number of nitro benzene ring substituents is 1. The fourth-order valence-corrected chi connectivity index (χ4v) is 2.54. The Morgan fingerprint density at radius 2 is 2.00 bits per heavy atom. The minimum Gasteiger partial charge on any atom is -0.314 e. The first-order valence-electron chi connectivity index (χ1n) is 5.70. The summed E-state index contributed by atoms with van der Waals surface area (Å²) in [6, 6.07) is 3.51. The summed E-state index contributed by atoms with van der Waals surface area (Å²) in [4.78, 5) is 23.2. The Balaban J connectivity index is 2.60. The van der Waals surface area contributed by atoms with E-state index in [9.17, 15) is 28.1 Å². The molecule has 0 spiro atoms. The van der Waals surface area contributed by atoms with Crippen molar-refractivity contribution in [1.29, 1.82) is 0 Å². The molecule has 1 heterocycles. The molecular formula is C12H11F3N2O3. The fraction of sp³-hybridized carbons (Fsp3) is 0.417. The molecule has 1 aromatic carbocycles. The Labute approximate surface area is 112 Å². The molecule has 20 heavy (non-hydrogen) atoms. The summed E-state index contributed by atoms with van der Waals surface area (Å²) in [7, 11) is 1.36. The van der Waals surface area contributed by atoms with Crippen molar-refractivity contribution in [3.8, 4) is 0 Å². The molecule has 0 saturated carbocycles. The van der Waals surface area contributed by atoms with E-state index in [1.807, 2.05) is 0 Å². The number of rotatable bonds is 2. The maximum absolute atomic E-state index is 12.7. The van der Waals surface area contributed by atoms with Crippen molar-refractivity contribution in [3.63, 3.8) is 0 Å². The lowest BCUT2D eigenvalue weighted by Gasteiger charge is -2.24. The number of anilines is 1. The largest absolute Gasteiger partial charge is 0.390 e. The molecule has 1 atom stereocenters. The van der Waals surface area contributed by atoms with Gasteiger partial charge in [-0.15, -0.1) is 0 Å². The summed E-state index contributed by atoms with van der Waals surface area (Å²) < 4.78 is 38.1. The molecule has 0 aromatic heterocycles. The lowest BCUT2D eigenvalue weighted by molar-refractivity contribution is -0.384. The lowest BCUT2D eigenvalue weighted by atomic mass is 9.80. The number of nitrogens with zero attached hydrogens (tertiary/aromatic N) is 2. The Morgan fingerprint density at radius 1 is 1.40 bits per heavy atom. The molecule has 0 unspecified atom stereocenters. The minimum absolute atomic E-state index is 0.0384. The van der Waals surface area contributed by atoms with Gasteiger partial charge in [0.1, 0.15) is 0 Å². The van der Waals surface area contributed by atoms with Gasteiger partial charge in [0.15, 0.2) is 0 Å². The second kappa shape index (κ2) is 4.19. The zero-order valence-corrected chi connectivity index (χ0v) is 10.7. The van der Waals surface area contributed by atoms with Gasteiger partial charge in [0.2, 0.25) is 5.91 Å². The van der Waals surface area contributed by atoms with Crippen molar-refractivity contribution in [2.75, 3.05) is 11.9 Å². The highest BCUT2D eigenvalue weighted by atomic mass is 19.4. The highest BCUT2D eigenvalue weighted by Gasteiger charge is 2.52. The number of benzene rings is 1. The Bertz CT molecular complexity index is 600. The van der Waals surface area contributed by atoms with E-state index in [-0.39, 0.29) is 16.9 Å². The average Bonchev–Trinajstić information content (AvgIpc) is 2.49. The number of hydrogen-bond donors (Lipinski definition) is 0. The van der Waals surface area contributed by atoms with E-state index in [2.05, 4.69) is 0 Å². The van der Waals surface area contributed by atoms with Gasteiger partial charge in [0, 0.05) is 24.9 Å². The second-order valence-corrected chi connectivity index (χ2v) is 4.95. The smallest absolute Gasteiger partial charge is 0.314 e. The van der Waals surface area contributed by atoms with Gasteiger partial charge in [-0.3, -0.25) is 14.9 Å². The zero-order chi connectivity index (χ0) is 15.3. The Morgan fingerprint density at radius 3 is 2.50 bits per heavy atom. The van der Waals surface area contributed by atoms with E-state index in [1.165, 1.54) is 19.2 Å². The standard InChI is InChI=1S/C12H11F3N2O3/c1-11(6-12(13,14)15)8-5-7(17(19)20)3-4-9(8)16(2)10(11)18/h3-5H,6H2,1-2H3/t11-/m1/s1. The monoisotopic (exact) mass is 288 g/mol. The maximum Gasteiger partial charge on any atom is 0.390 e. The number of halogens is 3. The summed E-state index contributed by atoms with van der Waals surface area (Å²) in [6.45, 7) is 1.16. The fourth-order valence-electron chi connectivity index (χ4n) is 2.54. The second-order valence-electron chi connectivity index (χ2n) is 4.95. The molecule has 5 nitrogen and oxygen atoms in total. The Kier molecular flexibility index (Phi) is 2.99. The van der Waals surface area contributed by atoms with Crippen LogP contribution in [0, 0.1) is 10.1 Å². The average molecular weight is 288 g/mol. The van der Waals surface area contributed by atoms with Crippen LogP contribution in [-0.4, -0.2) is 24.1 Å². The first-order valence-corrected chi connectivity index (χ1v) is 5.70. The van der Waals surface area contributed by atoms with Crippen LogP contribution in [0.3, 0.4) is 0 Å². The van der Waals surface area contributed by atoms with Crippen molar-refractivity contribution in [2.45, 2.75) is 24.9 Å². The molecule has 1 aromatic rings. The summed E-state index contributed by atoms with van der Waals surface area (Å²) in [5.41, 5.74) is -1.85. The lowest BCUT2D eigenvalue weighted by Crippen LogP contribution is -2.39. The predicted molar refractivity (Wildman–Crippen MR) is 64.5 cm³/mol. The van der Waals surface area contributed by atoms with Gasteiger partial charge >= 0.3 is 6.18 Å². The molecule has 0 radical (unpaired) electrons. The minimum atomic E-state index is -4.54. The molecule has 8 heteroatoms. The third kappa shape index (κ3) is 2.10. The van der Waals surface area contributed by atoms with Gasteiger partial charge in [0.25, 0.3) is 5.69 Å². The van der Waals surface area contributed by atoms with Crippen LogP contribution in [-0.2, 0) is 10.2 Å². The van der Waals surface area contributed by atoms with Crippen LogP contribution >= 0.6 is 0 Å². The molecule has 0 saturated heterocycles. The van der Waals surface area contributed by atoms with Gasteiger partial charge in [-0.25, -0.2) is 0 Å². The van der Waals surface area contributed by atoms with Crippen LogP contribution in [0.4, 0.5) is 24.5 Å². The molecular weight excluding hydrogens is 277 g/mol. The molecule has 1 amide bonds. The third-order valence-electron chi connectivity index (χ3n) is 3.48.